The first kappa shape index (κ1) is 12.6. The van der Waals surface area contributed by atoms with Crippen LogP contribution in [0.5, 0.6) is 0 Å². The van der Waals surface area contributed by atoms with Crippen LogP contribution in [0.4, 0.5) is 4.79 Å². The number of amides is 2. The number of methoxy groups -OCH3 is 1. The van der Waals surface area contributed by atoms with Crippen LogP contribution in [0.3, 0.4) is 0 Å². The number of nitrogens with zero attached hydrogens (tertiary/aromatic N) is 1. The van der Waals surface area contributed by atoms with Gasteiger partial charge in [-0.2, -0.15) is 0 Å². The maximum atomic E-state index is 11.8. The van der Waals surface area contributed by atoms with E-state index >= 15 is 0 Å². The predicted octanol–water partition coefficient (Wildman–Crippen LogP) is 2.02. The van der Waals surface area contributed by atoms with Gasteiger partial charge in [0.05, 0.1) is 23.0 Å². The van der Waals surface area contributed by atoms with Gasteiger partial charge in [0.2, 0.25) is 0 Å². The molecule has 0 bridgehead atoms. The predicted molar refractivity (Wildman–Crippen MR) is 70.1 cm³/mol. The molecule has 2 rings (SSSR count). The molecule has 0 aromatic carbocycles. The van der Waals surface area contributed by atoms with Gasteiger partial charge in [-0.25, -0.2) is 4.79 Å². The summed E-state index contributed by atoms with van der Waals surface area (Å²) < 4.78 is 5.28. The summed E-state index contributed by atoms with van der Waals surface area (Å²) in [5.74, 6) is 0. The first-order valence-corrected chi connectivity index (χ1v) is 6.51. The number of rotatable bonds is 2. The van der Waals surface area contributed by atoms with Crippen molar-refractivity contribution in [3.63, 3.8) is 0 Å². The number of carbonyl (C=O) groups is 1. The molecule has 1 saturated heterocycles. The summed E-state index contributed by atoms with van der Waals surface area (Å²) in [5.41, 5.74) is 0.745. The molecule has 0 aromatic rings. The molecule has 1 fully saturated rings. The highest BCUT2D eigenvalue weighted by Crippen LogP contribution is 2.26. The van der Waals surface area contributed by atoms with E-state index in [2.05, 4.69) is 21.2 Å². The zero-order valence-electron chi connectivity index (χ0n) is 10.2. The van der Waals surface area contributed by atoms with Gasteiger partial charge in [0.15, 0.2) is 0 Å². The molecule has 5 heteroatoms. The van der Waals surface area contributed by atoms with E-state index in [9.17, 15) is 4.79 Å². The van der Waals surface area contributed by atoms with Crippen molar-refractivity contribution in [2.45, 2.75) is 30.3 Å². The van der Waals surface area contributed by atoms with Crippen LogP contribution in [0.1, 0.15) is 13.8 Å². The summed E-state index contributed by atoms with van der Waals surface area (Å²) in [4.78, 5) is 13.7. The van der Waals surface area contributed by atoms with Crippen molar-refractivity contribution in [1.29, 1.82) is 0 Å². The fourth-order valence-corrected chi connectivity index (χ4v) is 2.74. The zero-order chi connectivity index (χ0) is 12.6. The summed E-state index contributed by atoms with van der Waals surface area (Å²) >= 11 is 3.54. The molecule has 1 heterocycles. The van der Waals surface area contributed by atoms with Crippen molar-refractivity contribution in [2.75, 3.05) is 13.7 Å². The number of nitrogens with one attached hydrogen (secondary N) is 1. The van der Waals surface area contributed by atoms with Crippen molar-refractivity contribution in [3.05, 3.63) is 23.9 Å². The lowest BCUT2D eigenvalue weighted by atomic mass is 10.1. The van der Waals surface area contributed by atoms with Gasteiger partial charge in [-0.05, 0) is 26.0 Å². The Balaban J connectivity index is 2.15. The number of ether oxygens (including phenoxy) is 1. The third kappa shape index (κ3) is 2.55. The fourth-order valence-electron chi connectivity index (χ4n) is 2.07. The Morgan fingerprint density at radius 3 is 2.76 bits per heavy atom. The second-order valence-corrected chi connectivity index (χ2v) is 6.05. The SMILES string of the molecule is COC1C=CC(N2CC(C)(C)NC2=O)=CC1Br. The van der Waals surface area contributed by atoms with Crippen LogP contribution in [0.2, 0.25) is 0 Å². The van der Waals surface area contributed by atoms with Crippen molar-refractivity contribution >= 4 is 22.0 Å². The standard InChI is InChI=1S/C12H17BrN2O2/c1-12(2)7-15(11(16)14-12)8-4-5-10(17-3)9(13)6-8/h4-6,9-10H,7H2,1-3H3,(H,14,16). The maximum Gasteiger partial charge on any atom is 0.322 e. The minimum Gasteiger partial charge on any atom is -0.376 e. The van der Waals surface area contributed by atoms with E-state index in [0.717, 1.165) is 5.70 Å². The molecule has 1 N–H and O–H groups in total. The number of hydrogen-bond acceptors (Lipinski definition) is 2. The number of alkyl halides is 1. The molecule has 4 nitrogen and oxygen atoms in total. The van der Waals surface area contributed by atoms with Gasteiger partial charge < -0.3 is 10.1 Å². The summed E-state index contributed by atoms with van der Waals surface area (Å²) in [6.45, 7) is 4.71. The van der Waals surface area contributed by atoms with Crippen LogP contribution in [0, 0.1) is 0 Å². The first-order chi connectivity index (χ1) is 7.93. The van der Waals surface area contributed by atoms with Crippen LogP contribution in [-0.4, -0.2) is 41.1 Å². The first-order valence-electron chi connectivity index (χ1n) is 5.59. The average Bonchev–Trinajstić information content (AvgIpc) is 2.52. The second-order valence-electron chi connectivity index (χ2n) is 5.00. The minimum absolute atomic E-state index is 0.0254. The number of urea groups is 1. The highest BCUT2D eigenvalue weighted by molar-refractivity contribution is 9.09. The fraction of sp³-hybridized carbons (Fsp3) is 0.583. The van der Waals surface area contributed by atoms with E-state index in [1.54, 1.807) is 12.0 Å². The monoisotopic (exact) mass is 300 g/mol. The third-order valence-electron chi connectivity index (χ3n) is 2.93. The molecule has 2 aliphatic rings. The number of hydrogen-bond donors (Lipinski definition) is 1. The van der Waals surface area contributed by atoms with Crippen LogP contribution in [-0.2, 0) is 4.74 Å². The van der Waals surface area contributed by atoms with Gasteiger partial charge in [0.25, 0.3) is 0 Å². The third-order valence-corrected chi connectivity index (χ3v) is 3.71. The van der Waals surface area contributed by atoms with Crippen molar-refractivity contribution in [1.82, 2.24) is 10.2 Å². The Kier molecular flexibility index (Phi) is 3.32. The molecule has 94 valence electrons. The van der Waals surface area contributed by atoms with Gasteiger partial charge in [-0.1, -0.05) is 22.0 Å². The van der Waals surface area contributed by atoms with Gasteiger partial charge in [0.1, 0.15) is 0 Å². The Bertz CT molecular complexity index is 390. The second kappa shape index (κ2) is 4.46. The lowest BCUT2D eigenvalue weighted by Gasteiger charge is -2.25. The summed E-state index contributed by atoms with van der Waals surface area (Å²) in [6, 6.07) is -0.0403. The topological polar surface area (TPSA) is 41.6 Å². The summed E-state index contributed by atoms with van der Waals surface area (Å²) in [5, 5.41) is 2.95. The molecule has 1 aliphatic carbocycles. The van der Waals surface area contributed by atoms with E-state index in [1.165, 1.54) is 0 Å². The summed E-state index contributed by atoms with van der Waals surface area (Å²) in [6.07, 6.45) is 5.94. The normalized spacial score (nSPS) is 31.4. The lowest BCUT2D eigenvalue weighted by molar-refractivity contribution is 0.146. The van der Waals surface area contributed by atoms with Crippen LogP contribution in [0.25, 0.3) is 0 Å². The van der Waals surface area contributed by atoms with E-state index in [1.807, 2.05) is 32.1 Å². The molecule has 0 radical (unpaired) electrons. The Hall–Kier alpha value is -0.810. The molecular formula is C12H17BrN2O2. The van der Waals surface area contributed by atoms with Crippen LogP contribution < -0.4 is 5.32 Å². The number of allylic oxidation sites excluding steroid dienone is 1. The van der Waals surface area contributed by atoms with Crippen LogP contribution >= 0.6 is 15.9 Å². The van der Waals surface area contributed by atoms with Crippen molar-refractivity contribution in [2.24, 2.45) is 0 Å². The van der Waals surface area contributed by atoms with Gasteiger partial charge in [0, 0.05) is 12.8 Å². The highest BCUT2D eigenvalue weighted by Gasteiger charge is 2.36. The van der Waals surface area contributed by atoms with Gasteiger partial charge in [-0.3, -0.25) is 4.90 Å². The molecule has 0 aromatic heterocycles. The Labute approximate surface area is 110 Å². The lowest BCUT2D eigenvalue weighted by Crippen LogP contribution is -2.36. The van der Waals surface area contributed by atoms with Crippen molar-refractivity contribution < 1.29 is 9.53 Å². The zero-order valence-corrected chi connectivity index (χ0v) is 11.8. The average molecular weight is 301 g/mol. The molecule has 2 amide bonds. The Morgan fingerprint density at radius 2 is 2.29 bits per heavy atom. The molecule has 17 heavy (non-hydrogen) atoms. The maximum absolute atomic E-state index is 11.8. The highest BCUT2D eigenvalue weighted by atomic mass is 79.9. The van der Waals surface area contributed by atoms with E-state index in [-0.39, 0.29) is 22.5 Å². The molecule has 0 saturated carbocycles. The van der Waals surface area contributed by atoms with Gasteiger partial charge in [-0.15, -0.1) is 0 Å². The van der Waals surface area contributed by atoms with Crippen LogP contribution in [0.15, 0.2) is 23.9 Å². The van der Waals surface area contributed by atoms with Gasteiger partial charge >= 0.3 is 6.03 Å². The Morgan fingerprint density at radius 1 is 1.59 bits per heavy atom. The molecule has 2 atom stereocenters. The number of halogens is 1. The number of carbonyl (C=O) groups excluding carboxylic acids is 1. The minimum atomic E-state index is -0.175. The smallest absolute Gasteiger partial charge is 0.322 e. The molecule has 2 unspecified atom stereocenters. The molecule has 0 spiro atoms. The largest absolute Gasteiger partial charge is 0.376 e. The molecular weight excluding hydrogens is 284 g/mol. The van der Waals surface area contributed by atoms with E-state index in [4.69, 9.17) is 4.74 Å². The van der Waals surface area contributed by atoms with E-state index < -0.39 is 0 Å². The quantitative estimate of drug-likeness (QED) is 0.793. The van der Waals surface area contributed by atoms with E-state index in [0.29, 0.717) is 6.54 Å². The van der Waals surface area contributed by atoms with Crippen molar-refractivity contribution in [3.8, 4) is 0 Å². The molecule has 1 aliphatic heterocycles. The summed E-state index contributed by atoms with van der Waals surface area (Å²) in [7, 11) is 1.67.